The second-order valence-corrected chi connectivity index (χ2v) is 4.56. The van der Waals surface area contributed by atoms with Gasteiger partial charge in [0, 0.05) is 6.42 Å². The quantitative estimate of drug-likeness (QED) is 0.549. The van der Waals surface area contributed by atoms with Crippen LogP contribution in [0.5, 0.6) is 0 Å². The molecule has 0 unspecified atom stereocenters. The van der Waals surface area contributed by atoms with Crippen LogP contribution < -0.4 is 0 Å². The van der Waals surface area contributed by atoms with Crippen LogP contribution in [0, 0.1) is 0 Å². The fourth-order valence-electron chi connectivity index (χ4n) is 1.05. The van der Waals surface area contributed by atoms with Crippen molar-refractivity contribution in [3.05, 3.63) is 0 Å². The van der Waals surface area contributed by atoms with Gasteiger partial charge in [0.25, 0.3) is 10.1 Å². The highest BCUT2D eigenvalue weighted by Crippen LogP contribution is 2.18. The van der Waals surface area contributed by atoms with Gasteiger partial charge in [0.15, 0.2) is 6.29 Å². The predicted octanol–water partition coefficient (Wildman–Crippen LogP) is -1.57. The molecular weight excluding hydrogens is 200 g/mol. The smallest absolute Gasteiger partial charge is 0.264 e. The lowest BCUT2D eigenvalue weighted by molar-refractivity contribution is -0.104. The molecule has 0 aromatic heterocycles. The molecule has 1 rings (SSSR count). The minimum atomic E-state index is -3.53. The van der Waals surface area contributed by atoms with Crippen LogP contribution in [0.4, 0.5) is 0 Å². The van der Waals surface area contributed by atoms with E-state index < -0.39 is 28.6 Å². The molecule has 0 aromatic carbocycles. The van der Waals surface area contributed by atoms with E-state index in [4.69, 9.17) is 9.84 Å². The number of hydrogen-bond donors (Lipinski definition) is 2. The molecule has 0 amide bonds. The summed E-state index contributed by atoms with van der Waals surface area (Å²) < 4.78 is 30.3. The SMILES string of the molecule is CS(=O)(=O)OC[C@H]1O[C@@H](O)C[C@@H]1O. The largest absolute Gasteiger partial charge is 0.390 e. The molecule has 1 heterocycles. The summed E-state index contributed by atoms with van der Waals surface area (Å²) in [5.41, 5.74) is 0. The fourth-order valence-corrected chi connectivity index (χ4v) is 1.43. The molecule has 0 bridgehead atoms. The minimum Gasteiger partial charge on any atom is -0.390 e. The average Bonchev–Trinajstić information content (AvgIpc) is 2.24. The van der Waals surface area contributed by atoms with Gasteiger partial charge in [-0.1, -0.05) is 0 Å². The molecule has 0 spiro atoms. The molecule has 0 radical (unpaired) electrons. The summed E-state index contributed by atoms with van der Waals surface area (Å²) in [4.78, 5) is 0. The van der Waals surface area contributed by atoms with E-state index in [2.05, 4.69) is 4.18 Å². The van der Waals surface area contributed by atoms with E-state index in [1.54, 1.807) is 0 Å². The maximum absolute atomic E-state index is 10.6. The molecule has 2 N–H and O–H groups in total. The summed E-state index contributed by atoms with van der Waals surface area (Å²) in [5, 5.41) is 18.1. The van der Waals surface area contributed by atoms with Crippen molar-refractivity contribution in [1.82, 2.24) is 0 Å². The van der Waals surface area contributed by atoms with Crippen LogP contribution in [0.25, 0.3) is 0 Å². The third-order valence-corrected chi connectivity index (χ3v) is 2.21. The summed E-state index contributed by atoms with van der Waals surface area (Å²) in [6.07, 6.45) is -1.70. The van der Waals surface area contributed by atoms with E-state index in [1.165, 1.54) is 0 Å². The van der Waals surface area contributed by atoms with Crippen LogP contribution in [0.15, 0.2) is 0 Å². The molecule has 3 atom stereocenters. The van der Waals surface area contributed by atoms with Crippen molar-refractivity contribution in [3.63, 3.8) is 0 Å². The third-order valence-electron chi connectivity index (χ3n) is 1.65. The number of rotatable bonds is 3. The average molecular weight is 212 g/mol. The summed E-state index contributed by atoms with van der Waals surface area (Å²) in [5.74, 6) is 0. The molecule has 0 aromatic rings. The van der Waals surface area contributed by atoms with Gasteiger partial charge >= 0.3 is 0 Å². The Morgan fingerprint density at radius 1 is 1.54 bits per heavy atom. The first-order valence-corrected chi connectivity index (χ1v) is 5.56. The molecule has 0 saturated carbocycles. The lowest BCUT2D eigenvalue weighted by Gasteiger charge is -2.12. The van der Waals surface area contributed by atoms with Crippen molar-refractivity contribution in [3.8, 4) is 0 Å². The van der Waals surface area contributed by atoms with E-state index in [0.717, 1.165) is 6.26 Å². The van der Waals surface area contributed by atoms with Crippen molar-refractivity contribution in [1.29, 1.82) is 0 Å². The second-order valence-electron chi connectivity index (χ2n) is 2.92. The van der Waals surface area contributed by atoms with Gasteiger partial charge in [0.2, 0.25) is 0 Å². The Morgan fingerprint density at radius 2 is 2.15 bits per heavy atom. The monoisotopic (exact) mass is 212 g/mol. The zero-order chi connectivity index (χ0) is 10.1. The number of aliphatic hydroxyl groups excluding tert-OH is 2. The van der Waals surface area contributed by atoms with E-state index in [1.807, 2.05) is 0 Å². The van der Waals surface area contributed by atoms with Gasteiger partial charge in [-0.05, 0) is 0 Å². The Balaban J connectivity index is 2.38. The van der Waals surface area contributed by atoms with Gasteiger partial charge in [-0.2, -0.15) is 8.42 Å². The molecule has 0 aliphatic carbocycles. The molecule has 1 saturated heterocycles. The Labute approximate surface area is 76.2 Å². The lowest BCUT2D eigenvalue weighted by atomic mass is 10.2. The molecule has 7 heteroatoms. The maximum Gasteiger partial charge on any atom is 0.264 e. The molecule has 6 nitrogen and oxygen atoms in total. The van der Waals surface area contributed by atoms with Crippen LogP contribution in [-0.4, -0.2) is 50.0 Å². The van der Waals surface area contributed by atoms with E-state index in [-0.39, 0.29) is 13.0 Å². The molecular formula is C6H12O6S. The zero-order valence-corrected chi connectivity index (χ0v) is 7.90. The van der Waals surface area contributed by atoms with Crippen molar-refractivity contribution >= 4 is 10.1 Å². The van der Waals surface area contributed by atoms with Crippen molar-refractivity contribution < 1.29 is 27.6 Å². The van der Waals surface area contributed by atoms with Crippen molar-refractivity contribution in [2.75, 3.05) is 12.9 Å². The highest BCUT2D eigenvalue weighted by Gasteiger charge is 2.33. The van der Waals surface area contributed by atoms with Crippen molar-refractivity contribution in [2.24, 2.45) is 0 Å². The van der Waals surface area contributed by atoms with Crippen LogP contribution >= 0.6 is 0 Å². The van der Waals surface area contributed by atoms with Crippen LogP contribution in [0.3, 0.4) is 0 Å². The molecule has 1 fully saturated rings. The summed E-state index contributed by atoms with van der Waals surface area (Å²) in [6.45, 7) is -0.267. The number of aliphatic hydroxyl groups is 2. The van der Waals surface area contributed by atoms with E-state index >= 15 is 0 Å². The fraction of sp³-hybridized carbons (Fsp3) is 1.00. The van der Waals surface area contributed by atoms with E-state index in [9.17, 15) is 13.5 Å². The topological polar surface area (TPSA) is 93.1 Å². The first-order chi connectivity index (χ1) is 5.88. The first-order valence-electron chi connectivity index (χ1n) is 3.74. The Hall–Kier alpha value is -0.210. The highest BCUT2D eigenvalue weighted by molar-refractivity contribution is 7.85. The van der Waals surface area contributed by atoms with Gasteiger partial charge < -0.3 is 14.9 Å². The second kappa shape index (κ2) is 3.89. The number of ether oxygens (including phenoxy) is 1. The van der Waals surface area contributed by atoms with E-state index in [0.29, 0.717) is 0 Å². The molecule has 13 heavy (non-hydrogen) atoms. The molecule has 1 aliphatic rings. The highest BCUT2D eigenvalue weighted by atomic mass is 32.2. The van der Waals surface area contributed by atoms with Gasteiger partial charge in [0.1, 0.15) is 6.10 Å². The third kappa shape index (κ3) is 3.57. The standard InChI is InChI=1S/C6H12O6S/c1-13(9,10)11-3-5-4(7)2-6(8)12-5/h4-8H,2-3H2,1H3/t4-,5+,6+/m0/s1. The summed E-state index contributed by atoms with van der Waals surface area (Å²) in [6, 6.07) is 0. The van der Waals surface area contributed by atoms with Gasteiger partial charge in [-0.15, -0.1) is 0 Å². The van der Waals surface area contributed by atoms with Gasteiger partial charge in [-0.3, -0.25) is 4.18 Å². The Kier molecular flexibility index (Phi) is 3.25. The zero-order valence-electron chi connectivity index (χ0n) is 7.08. The predicted molar refractivity (Wildman–Crippen MR) is 42.3 cm³/mol. The minimum absolute atomic E-state index is 0.0811. The first kappa shape index (κ1) is 10.9. The Bertz CT molecular complexity index is 260. The summed E-state index contributed by atoms with van der Waals surface area (Å²) in [7, 11) is -3.53. The Morgan fingerprint density at radius 3 is 2.54 bits per heavy atom. The lowest BCUT2D eigenvalue weighted by Crippen LogP contribution is -2.27. The van der Waals surface area contributed by atoms with Crippen LogP contribution in [0.2, 0.25) is 0 Å². The van der Waals surface area contributed by atoms with Gasteiger partial charge in [0.05, 0.1) is 19.0 Å². The maximum atomic E-state index is 10.6. The van der Waals surface area contributed by atoms with Crippen LogP contribution in [0.1, 0.15) is 6.42 Å². The normalized spacial score (nSPS) is 35.2. The summed E-state index contributed by atoms with van der Waals surface area (Å²) >= 11 is 0. The van der Waals surface area contributed by atoms with Crippen LogP contribution in [-0.2, 0) is 19.0 Å². The van der Waals surface area contributed by atoms with Gasteiger partial charge in [-0.25, -0.2) is 0 Å². The van der Waals surface area contributed by atoms with Crippen molar-refractivity contribution in [2.45, 2.75) is 24.9 Å². The number of hydrogen-bond acceptors (Lipinski definition) is 6. The molecule has 1 aliphatic heterocycles. The molecule has 78 valence electrons.